The highest BCUT2D eigenvalue weighted by atomic mass is 19.4. The summed E-state index contributed by atoms with van der Waals surface area (Å²) in [5.41, 5.74) is -0.752. The summed E-state index contributed by atoms with van der Waals surface area (Å²) < 4.78 is 38.1. The van der Waals surface area contributed by atoms with Gasteiger partial charge in [-0.05, 0) is 24.7 Å². The minimum absolute atomic E-state index is 0.0469. The van der Waals surface area contributed by atoms with Crippen LogP contribution in [0.5, 0.6) is 0 Å². The lowest BCUT2D eigenvalue weighted by Gasteiger charge is -2.42. The molecule has 3 nitrogen and oxygen atoms in total. The fourth-order valence-electron chi connectivity index (χ4n) is 3.04. The van der Waals surface area contributed by atoms with Gasteiger partial charge in [0, 0.05) is 12.8 Å². The molecule has 0 aromatic rings. The Labute approximate surface area is 96.7 Å². The van der Waals surface area contributed by atoms with E-state index in [0.717, 1.165) is 0 Å². The number of imide groups is 1. The van der Waals surface area contributed by atoms with E-state index in [-0.39, 0.29) is 25.7 Å². The van der Waals surface area contributed by atoms with Crippen molar-refractivity contribution in [3.8, 4) is 0 Å². The average Bonchev–Trinajstić information content (AvgIpc) is 2.13. The van der Waals surface area contributed by atoms with Crippen molar-refractivity contribution in [2.45, 2.75) is 44.7 Å². The van der Waals surface area contributed by atoms with E-state index >= 15 is 0 Å². The molecule has 17 heavy (non-hydrogen) atoms. The molecule has 1 atom stereocenters. The number of alkyl halides is 3. The van der Waals surface area contributed by atoms with Crippen molar-refractivity contribution in [1.82, 2.24) is 5.32 Å². The molecule has 1 N–H and O–H groups in total. The van der Waals surface area contributed by atoms with E-state index in [1.54, 1.807) is 0 Å². The van der Waals surface area contributed by atoms with Gasteiger partial charge in [-0.3, -0.25) is 14.9 Å². The van der Waals surface area contributed by atoms with Crippen LogP contribution in [0.1, 0.15) is 38.5 Å². The van der Waals surface area contributed by atoms with Crippen molar-refractivity contribution in [3.63, 3.8) is 0 Å². The summed E-state index contributed by atoms with van der Waals surface area (Å²) in [6, 6.07) is 0. The molecule has 1 saturated carbocycles. The molecule has 6 heteroatoms. The van der Waals surface area contributed by atoms with Crippen LogP contribution in [0.15, 0.2) is 0 Å². The smallest absolute Gasteiger partial charge is 0.296 e. The second-order valence-corrected chi connectivity index (χ2v) is 5.16. The van der Waals surface area contributed by atoms with E-state index in [2.05, 4.69) is 5.32 Å². The van der Waals surface area contributed by atoms with Gasteiger partial charge in [-0.1, -0.05) is 6.42 Å². The number of carbonyl (C=O) groups is 2. The fourth-order valence-corrected chi connectivity index (χ4v) is 3.04. The van der Waals surface area contributed by atoms with Crippen molar-refractivity contribution in [2.24, 2.45) is 11.3 Å². The quantitative estimate of drug-likeness (QED) is 0.669. The van der Waals surface area contributed by atoms with Gasteiger partial charge in [0.1, 0.15) is 0 Å². The molecule has 1 spiro atoms. The number of amides is 2. The van der Waals surface area contributed by atoms with E-state index in [1.807, 2.05) is 0 Å². The largest absolute Gasteiger partial charge is 0.391 e. The normalized spacial score (nSPS) is 29.2. The van der Waals surface area contributed by atoms with Crippen molar-refractivity contribution < 1.29 is 22.8 Å². The highest BCUT2D eigenvalue weighted by Gasteiger charge is 2.50. The number of carbonyl (C=O) groups excluding carboxylic acids is 2. The molecule has 1 saturated heterocycles. The minimum atomic E-state index is -4.22. The number of rotatable bonds is 0. The first-order chi connectivity index (χ1) is 7.81. The summed E-state index contributed by atoms with van der Waals surface area (Å²) in [7, 11) is 0. The van der Waals surface area contributed by atoms with Crippen LogP contribution in [0.4, 0.5) is 13.2 Å². The Morgan fingerprint density at radius 3 is 2.29 bits per heavy atom. The molecular formula is C11H14F3NO2. The Kier molecular flexibility index (Phi) is 2.91. The predicted molar refractivity (Wildman–Crippen MR) is 52.8 cm³/mol. The molecule has 2 fully saturated rings. The van der Waals surface area contributed by atoms with Gasteiger partial charge in [0.15, 0.2) is 0 Å². The lowest BCUT2D eigenvalue weighted by atomic mass is 9.64. The van der Waals surface area contributed by atoms with Crippen LogP contribution in [0.2, 0.25) is 0 Å². The minimum Gasteiger partial charge on any atom is -0.296 e. The zero-order valence-electron chi connectivity index (χ0n) is 9.27. The van der Waals surface area contributed by atoms with Crippen molar-refractivity contribution in [2.75, 3.05) is 0 Å². The third kappa shape index (κ3) is 2.61. The van der Waals surface area contributed by atoms with Gasteiger partial charge in [-0.2, -0.15) is 13.2 Å². The zero-order valence-corrected chi connectivity index (χ0v) is 9.27. The fraction of sp³-hybridized carbons (Fsp3) is 0.818. The SMILES string of the molecule is O=C1CC2(CCCC(C(F)(F)F)C2)CC(=O)N1. The molecule has 1 aliphatic carbocycles. The van der Waals surface area contributed by atoms with Crippen molar-refractivity contribution in [3.05, 3.63) is 0 Å². The van der Waals surface area contributed by atoms with Gasteiger partial charge in [-0.25, -0.2) is 0 Å². The molecule has 1 heterocycles. The summed E-state index contributed by atoms with van der Waals surface area (Å²) in [6.07, 6.45) is -3.12. The number of halogens is 3. The maximum atomic E-state index is 12.7. The maximum absolute atomic E-state index is 12.7. The van der Waals surface area contributed by atoms with E-state index in [1.165, 1.54) is 0 Å². The van der Waals surface area contributed by atoms with Gasteiger partial charge in [0.05, 0.1) is 5.92 Å². The van der Waals surface area contributed by atoms with Gasteiger partial charge in [0.25, 0.3) is 0 Å². The third-order valence-corrected chi connectivity index (χ3v) is 3.75. The molecule has 0 radical (unpaired) electrons. The second-order valence-electron chi connectivity index (χ2n) is 5.16. The molecule has 96 valence electrons. The number of piperidine rings is 1. The Morgan fingerprint density at radius 2 is 1.76 bits per heavy atom. The summed E-state index contributed by atoms with van der Waals surface area (Å²) in [5.74, 6) is -2.25. The Bertz CT molecular complexity index is 335. The summed E-state index contributed by atoms with van der Waals surface area (Å²) in [4.78, 5) is 22.6. The van der Waals surface area contributed by atoms with Gasteiger partial charge < -0.3 is 0 Å². The third-order valence-electron chi connectivity index (χ3n) is 3.75. The lowest BCUT2D eigenvalue weighted by molar-refractivity contribution is -0.195. The number of hydrogen-bond acceptors (Lipinski definition) is 2. The van der Waals surface area contributed by atoms with Crippen LogP contribution in [-0.4, -0.2) is 18.0 Å². The van der Waals surface area contributed by atoms with Crippen LogP contribution in [0.3, 0.4) is 0 Å². The Morgan fingerprint density at radius 1 is 1.18 bits per heavy atom. The predicted octanol–water partition coefficient (Wildman–Crippen LogP) is 2.16. The van der Waals surface area contributed by atoms with Crippen molar-refractivity contribution >= 4 is 11.8 Å². The molecular weight excluding hydrogens is 235 g/mol. The molecule has 0 aromatic heterocycles. The second kappa shape index (κ2) is 3.99. The molecule has 1 aliphatic heterocycles. The van der Waals surface area contributed by atoms with Gasteiger partial charge in [0.2, 0.25) is 11.8 Å². The first-order valence-electron chi connectivity index (χ1n) is 5.70. The Balaban J connectivity index is 2.15. The zero-order chi connectivity index (χ0) is 12.7. The van der Waals surface area contributed by atoms with E-state index in [4.69, 9.17) is 0 Å². The standard InChI is InChI=1S/C11H14F3NO2/c12-11(13,14)7-2-1-3-10(4-7)5-8(16)15-9(17)6-10/h7H,1-6H2,(H,15,16,17). The van der Waals surface area contributed by atoms with Gasteiger partial charge in [-0.15, -0.1) is 0 Å². The first-order valence-corrected chi connectivity index (χ1v) is 5.70. The van der Waals surface area contributed by atoms with Crippen LogP contribution in [0.25, 0.3) is 0 Å². The van der Waals surface area contributed by atoms with Crippen LogP contribution in [0, 0.1) is 11.3 Å². The van der Waals surface area contributed by atoms with E-state index < -0.39 is 29.3 Å². The molecule has 2 aliphatic rings. The van der Waals surface area contributed by atoms with Crippen LogP contribution >= 0.6 is 0 Å². The van der Waals surface area contributed by atoms with Crippen LogP contribution in [-0.2, 0) is 9.59 Å². The highest BCUT2D eigenvalue weighted by molar-refractivity contribution is 5.98. The number of nitrogens with one attached hydrogen (secondary N) is 1. The van der Waals surface area contributed by atoms with E-state index in [9.17, 15) is 22.8 Å². The first kappa shape index (κ1) is 12.4. The van der Waals surface area contributed by atoms with Crippen LogP contribution < -0.4 is 5.32 Å². The number of hydrogen-bond donors (Lipinski definition) is 1. The summed E-state index contributed by atoms with van der Waals surface area (Å²) in [6.45, 7) is 0. The van der Waals surface area contributed by atoms with E-state index in [0.29, 0.717) is 12.8 Å². The molecule has 0 aromatic carbocycles. The topological polar surface area (TPSA) is 46.2 Å². The Hall–Kier alpha value is -1.07. The highest BCUT2D eigenvalue weighted by Crippen LogP contribution is 2.50. The van der Waals surface area contributed by atoms with Gasteiger partial charge >= 0.3 is 6.18 Å². The van der Waals surface area contributed by atoms with Crippen molar-refractivity contribution in [1.29, 1.82) is 0 Å². The summed E-state index contributed by atoms with van der Waals surface area (Å²) in [5, 5.41) is 2.15. The lowest BCUT2D eigenvalue weighted by Crippen LogP contribution is -2.48. The maximum Gasteiger partial charge on any atom is 0.391 e. The monoisotopic (exact) mass is 249 g/mol. The molecule has 2 amide bonds. The summed E-state index contributed by atoms with van der Waals surface area (Å²) >= 11 is 0. The molecule has 2 rings (SSSR count). The molecule has 1 unspecified atom stereocenters. The average molecular weight is 249 g/mol. The molecule has 0 bridgehead atoms.